The van der Waals surface area contributed by atoms with Crippen molar-refractivity contribution in [3.05, 3.63) is 21.4 Å². The minimum absolute atomic E-state index is 0.134. The van der Waals surface area contributed by atoms with Gasteiger partial charge < -0.3 is 10.2 Å². The predicted molar refractivity (Wildman–Crippen MR) is 68.7 cm³/mol. The average Bonchev–Trinajstić information content (AvgIpc) is 2.61. The molecule has 1 aromatic rings. The van der Waals surface area contributed by atoms with Gasteiger partial charge in [-0.2, -0.15) is 0 Å². The summed E-state index contributed by atoms with van der Waals surface area (Å²) >= 11 is 1.31. The Labute approximate surface area is 106 Å². The predicted octanol–water partition coefficient (Wildman–Crippen LogP) is 1.96. The van der Waals surface area contributed by atoms with Crippen molar-refractivity contribution < 1.29 is 15.0 Å². The van der Waals surface area contributed by atoms with Gasteiger partial charge in [0.2, 0.25) is 0 Å². The third kappa shape index (κ3) is 4.11. The van der Waals surface area contributed by atoms with Crippen molar-refractivity contribution in [1.29, 1.82) is 0 Å². The van der Waals surface area contributed by atoms with Gasteiger partial charge in [0.25, 0.3) is 0 Å². The summed E-state index contributed by atoms with van der Waals surface area (Å²) in [5.41, 5.74) is 1.05. The smallest absolute Gasteiger partial charge is 0.345 e. The minimum atomic E-state index is -0.867. The summed E-state index contributed by atoms with van der Waals surface area (Å²) in [5, 5.41) is 17.9. The van der Waals surface area contributed by atoms with Gasteiger partial charge >= 0.3 is 5.97 Å². The fourth-order valence-corrected chi connectivity index (χ4v) is 2.62. The van der Waals surface area contributed by atoms with Crippen molar-refractivity contribution in [2.24, 2.45) is 0 Å². The zero-order valence-electron chi connectivity index (χ0n) is 10.3. The summed E-state index contributed by atoms with van der Waals surface area (Å²) in [6, 6.07) is 1.74. The van der Waals surface area contributed by atoms with Gasteiger partial charge in [-0.15, -0.1) is 11.3 Å². The Hall–Kier alpha value is -0.910. The molecule has 4 nitrogen and oxygen atoms in total. The van der Waals surface area contributed by atoms with Crippen LogP contribution < -0.4 is 0 Å². The fraction of sp³-hybridized carbons (Fsp3) is 0.583. The standard InChI is InChI=1S/C12H19NO3S/c1-3-4-13(5-6-14)8-10-7-11(12(15)16)17-9(10)2/h7,14H,3-6,8H2,1-2H3,(H,15,16). The highest BCUT2D eigenvalue weighted by atomic mass is 32.1. The van der Waals surface area contributed by atoms with E-state index in [4.69, 9.17) is 10.2 Å². The molecule has 0 radical (unpaired) electrons. The topological polar surface area (TPSA) is 60.8 Å². The molecule has 0 spiro atoms. The molecule has 0 saturated heterocycles. The summed E-state index contributed by atoms with van der Waals surface area (Å²) in [6.45, 7) is 6.42. The first-order valence-electron chi connectivity index (χ1n) is 5.74. The molecular weight excluding hydrogens is 238 g/mol. The third-order valence-electron chi connectivity index (χ3n) is 2.58. The van der Waals surface area contributed by atoms with Crippen LogP contribution in [0.2, 0.25) is 0 Å². The van der Waals surface area contributed by atoms with E-state index in [0.29, 0.717) is 18.0 Å². The molecule has 0 aromatic carbocycles. The lowest BCUT2D eigenvalue weighted by atomic mass is 10.2. The first kappa shape index (κ1) is 14.2. The Morgan fingerprint density at radius 2 is 2.18 bits per heavy atom. The molecule has 0 atom stereocenters. The molecule has 2 N–H and O–H groups in total. The van der Waals surface area contributed by atoms with E-state index in [2.05, 4.69) is 11.8 Å². The van der Waals surface area contributed by atoms with Crippen molar-refractivity contribution in [2.45, 2.75) is 26.8 Å². The minimum Gasteiger partial charge on any atom is -0.477 e. The van der Waals surface area contributed by atoms with Crippen LogP contribution in [0.1, 0.15) is 33.5 Å². The van der Waals surface area contributed by atoms with Crippen molar-refractivity contribution >= 4 is 17.3 Å². The van der Waals surface area contributed by atoms with Crippen LogP contribution in [0.4, 0.5) is 0 Å². The number of aliphatic hydroxyl groups is 1. The van der Waals surface area contributed by atoms with E-state index < -0.39 is 5.97 Å². The SMILES string of the molecule is CCCN(CCO)Cc1cc(C(=O)O)sc1C. The fourth-order valence-electron chi connectivity index (χ4n) is 1.75. The normalized spacial score (nSPS) is 11.1. The molecule has 1 heterocycles. The Morgan fingerprint density at radius 3 is 2.65 bits per heavy atom. The molecule has 0 saturated carbocycles. The molecule has 1 aromatic heterocycles. The Kier molecular flexibility index (Phi) is 5.61. The number of carbonyl (C=O) groups is 1. The number of nitrogens with zero attached hydrogens (tertiary/aromatic N) is 1. The number of aryl methyl sites for hydroxylation is 1. The maximum Gasteiger partial charge on any atom is 0.345 e. The second-order valence-corrected chi connectivity index (χ2v) is 5.25. The van der Waals surface area contributed by atoms with E-state index >= 15 is 0 Å². The number of hydrogen-bond donors (Lipinski definition) is 2. The number of aliphatic hydroxyl groups excluding tert-OH is 1. The summed E-state index contributed by atoms with van der Waals surface area (Å²) in [6.07, 6.45) is 1.02. The van der Waals surface area contributed by atoms with E-state index in [0.717, 1.165) is 23.4 Å². The highest BCUT2D eigenvalue weighted by Crippen LogP contribution is 2.23. The van der Waals surface area contributed by atoms with Gasteiger partial charge in [-0.3, -0.25) is 4.90 Å². The van der Waals surface area contributed by atoms with Crippen LogP contribution in [0, 0.1) is 6.92 Å². The van der Waals surface area contributed by atoms with Crippen LogP contribution in [0.5, 0.6) is 0 Å². The van der Waals surface area contributed by atoms with Crippen LogP contribution in [-0.4, -0.2) is 40.8 Å². The summed E-state index contributed by atoms with van der Waals surface area (Å²) in [5.74, 6) is -0.867. The van der Waals surface area contributed by atoms with E-state index in [1.165, 1.54) is 11.3 Å². The van der Waals surface area contributed by atoms with Crippen LogP contribution in [0.25, 0.3) is 0 Å². The lowest BCUT2D eigenvalue weighted by molar-refractivity contribution is 0.0702. The average molecular weight is 257 g/mol. The monoisotopic (exact) mass is 257 g/mol. The zero-order chi connectivity index (χ0) is 12.8. The number of rotatable bonds is 7. The molecule has 17 heavy (non-hydrogen) atoms. The van der Waals surface area contributed by atoms with Gasteiger partial charge in [0.1, 0.15) is 4.88 Å². The second kappa shape index (κ2) is 6.74. The third-order valence-corrected chi connectivity index (χ3v) is 3.66. The molecule has 0 aliphatic heterocycles. The van der Waals surface area contributed by atoms with Gasteiger partial charge in [0, 0.05) is 18.0 Å². The molecule has 0 aliphatic carbocycles. The number of carboxylic acids is 1. The van der Waals surface area contributed by atoms with Gasteiger partial charge in [-0.05, 0) is 31.5 Å². The summed E-state index contributed by atoms with van der Waals surface area (Å²) in [4.78, 5) is 14.4. The first-order chi connectivity index (χ1) is 8.08. The van der Waals surface area contributed by atoms with Crippen molar-refractivity contribution in [2.75, 3.05) is 19.7 Å². The van der Waals surface area contributed by atoms with Gasteiger partial charge in [-0.1, -0.05) is 6.92 Å². The summed E-state index contributed by atoms with van der Waals surface area (Å²) < 4.78 is 0. The van der Waals surface area contributed by atoms with Gasteiger partial charge in [0.05, 0.1) is 6.61 Å². The number of thiophene rings is 1. The highest BCUT2D eigenvalue weighted by molar-refractivity contribution is 7.14. The number of aromatic carboxylic acids is 1. The molecule has 0 aliphatic rings. The van der Waals surface area contributed by atoms with Gasteiger partial charge in [0.15, 0.2) is 0 Å². The maximum absolute atomic E-state index is 10.9. The first-order valence-corrected chi connectivity index (χ1v) is 6.56. The number of carboxylic acid groups (broad SMARTS) is 1. The summed E-state index contributed by atoms with van der Waals surface area (Å²) in [7, 11) is 0. The zero-order valence-corrected chi connectivity index (χ0v) is 11.1. The highest BCUT2D eigenvalue weighted by Gasteiger charge is 2.13. The molecule has 0 fully saturated rings. The molecule has 0 amide bonds. The van der Waals surface area contributed by atoms with E-state index in [1.807, 2.05) is 6.92 Å². The molecule has 5 heteroatoms. The Balaban J connectivity index is 2.74. The van der Waals surface area contributed by atoms with E-state index in [-0.39, 0.29) is 6.61 Å². The van der Waals surface area contributed by atoms with Crippen molar-refractivity contribution in [3.63, 3.8) is 0 Å². The van der Waals surface area contributed by atoms with E-state index in [1.54, 1.807) is 6.07 Å². The van der Waals surface area contributed by atoms with E-state index in [9.17, 15) is 4.79 Å². The lowest BCUT2D eigenvalue weighted by Gasteiger charge is -2.20. The Morgan fingerprint density at radius 1 is 1.47 bits per heavy atom. The Bertz CT molecular complexity index is 370. The molecule has 96 valence electrons. The number of hydrogen-bond acceptors (Lipinski definition) is 4. The quantitative estimate of drug-likeness (QED) is 0.784. The largest absolute Gasteiger partial charge is 0.477 e. The van der Waals surface area contributed by atoms with Crippen LogP contribution in [0.15, 0.2) is 6.07 Å². The maximum atomic E-state index is 10.9. The van der Waals surface area contributed by atoms with Crippen LogP contribution >= 0.6 is 11.3 Å². The van der Waals surface area contributed by atoms with Crippen molar-refractivity contribution in [3.8, 4) is 0 Å². The lowest BCUT2D eigenvalue weighted by Crippen LogP contribution is -2.27. The molecule has 1 rings (SSSR count). The molecular formula is C12H19NO3S. The van der Waals surface area contributed by atoms with Crippen molar-refractivity contribution in [1.82, 2.24) is 4.90 Å². The molecule has 0 bridgehead atoms. The molecule has 0 unspecified atom stereocenters. The van der Waals surface area contributed by atoms with Gasteiger partial charge in [-0.25, -0.2) is 4.79 Å². The second-order valence-electron chi connectivity index (χ2n) is 4.00. The van der Waals surface area contributed by atoms with Crippen LogP contribution in [0.3, 0.4) is 0 Å². The van der Waals surface area contributed by atoms with Crippen LogP contribution in [-0.2, 0) is 6.54 Å².